The number of phenolic OH excluding ortho intramolecular Hbond substituents is 1. The van der Waals surface area contributed by atoms with Crippen molar-refractivity contribution < 1.29 is 47.6 Å². The third kappa shape index (κ3) is 11.9. The fraction of sp³-hybridized carbons (Fsp3) is 0.542. The summed E-state index contributed by atoms with van der Waals surface area (Å²) in [5.74, 6) is -1.54. The molecule has 2 aromatic heterocycles. The number of aromatic hydroxyl groups is 1. The van der Waals surface area contributed by atoms with E-state index < -0.39 is 29.7 Å². The molecule has 0 bridgehead atoms. The number of hydrogen-bond donors (Lipinski definition) is 4. The first-order valence-electron chi connectivity index (χ1n) is 28.0. The van der Waals surface area contributed by atoms with Crippen LogP contribution in [0.3, 0.4) is 0 Å². The lowest BCUT2D eigenvalue weighted by Crippen LogP contribution is -2.54. The summed E-state index contributed by atoms with van der Waals surface area (Å²) in [4.78, 5) is 70.1. The number of halogens is 2. The fourth-order valence-corrected chi connectivity index (χ4v) is 12.5. The molecule has 5 fully saturated rings. The molecule has 5 aliphatic rings. The number of aryl methyl sites for hydroxylation is 1. The first kappa shape index (κ1) is 57.6. The molecule has 0 radical (unpaired) electrons. The van der Waals surface area contributed by atoms with Crippen LogP contribution < -0.4 is 30.1 Å². The van der Waals surface area contributed by atoms with Crippen LogP contribution >= 0.6 is 0 Å². The normalized spacial score (nSPS) is 22.7. The summed E-state index contributed by atoms with van der Waals surface area (Å²) in [7, 11) is 1.73. The van der Waals surface area contributed by atoms with Crippen LogP contribution in [0.4, 0.5) is 26.0 Å². The Morgan fingerprint density at radius 1 is 1.00 bits per heavy atom. The summed E-state index contributed by atoms with van der Waals surface area (Å²) >= 11 is 0. The van der Waals surface area contributed by atoms with Gasteiger partial charge in [0, 0.05) is 81.7 Å². The number of aromatic nitrogens is 3. The van der Waals surface area contributed by atoms with Crippen LogP contribution in [-0.4, -0.2) is 137 Å². The molecular weight excluding hydrogens is 1000 g/mol. The number of benzene rings is 3. The van der Waals surface area contributed by atoms with Crippen molar-refractivity contribution in [3.05, 3.63) is 71.4 Å². The SMILES string of the molecule is CC.CCC(C)c1c(N2CCCC(NC=O)C2)cccc1N(C(C)=O)C1CCC(=O)NC1=O.CCc1c(F)ccc2cc(O)cc(-c3ncc4c(N5CCCC(O)C5)nc(OCC56CCCN5C(COC)CC6)nc4c3F)c12. The number of hydrogen-bond acceptors (Lipinski definition) is 14. The van der Waals surface area contributed by atoms with Gasteiger partial charge in [-0.1, -0.05) is 46.8 Å². The molecule has 420 valence electrons. The lowest BCUT2D eigenvalue weighted by Gasteiger charge is -2.39. The van der Waals surface area contributed by atoms with E-state index in [2.05, 4.69) is 50.3 Å². The number of pyridine rings is 1. The van der Waals surface area contributed by atoms with Gasteiger partial charge in [0.2, 0.25) is 24.1 Å². The van der Waals surface area contributed by atoms with Gasteiger partial charge in [0.25, 0.3) is 0 Å². The molecule has 0 aliphatic carbocycles. The van der Waals surface area contributed by atoms with Gasteiger partial charge in [-0.3, -0.25) is 39.3 Å². The molecule has 10 rings (SSSR count). The molecule has 0 spiro atoms. The van der Waals surface area contributed by atoms with Crippen molar-refractivity contribution in [3.8, 4) is 23.0 Å². The van der Waals surface area contributed by atoms with Crippen LogP contribution in [0.1, 0.15) is 129 Å². The van der Waals surface area contributed by atoms with Gasteiger partial charge in [-0.2, -0.15) is 9.97 Å². The molecule has 0 saturated carbocycles. The van der Waals surface area contributed by atoms with Gasteiger partial charge in [-0.25, -0.2) is 8.78 Å². The van der Waals surface area contributed by atoms with E-state index in [-0.39, 0.29) is 64.3 Å². The minimum atomic E-state index is -0.710. The molecule has 6 unspecified atom stereocenters. The molecule has 4 amide bonds. The Kier molecular flexibility index (Phi) is 18.8. The smallest absolute Gasteiger partial charge is 0.319 e. The van der Waals surface area contributed by atoms with Crippen molar-refractivity contribution in [1.29, 1.82) is 0 Å². The molecule has 19 heteroatoms. The van der Waals surface area contributed by atoms with Gasteiger partial charge in [0.1, 0.15) is 41.2 Å². The molecule has 5 aliphatic heterocycles. The highest BCUT2D eigenvalue weighted by Gasteiger charge is 2.50. The average molecular weight is 1080 g/mol. The minimum absolute atomic E-state index is 0.0236. The summed E-state index contributed by atoms with van der Waals surface area (Å²) in [5, 5.41) is 27.8. The van der Waals surface area contributed by atoms with Gasteiger partial charge in [0.15, 0.2) is 5.82 Å². The summed E-state index contributed by atoms with van der Waals surface area (Å²) in [6, 6.07) is 11.5. The van der Waals surface area contributed by atoms with E-state index in [1.807, 2.05) is 37.8 Å². The maximum absolute atomic E-state index is 16.8. The van der Waals surface area contributed by atoms with E-state index in [0.717, 1.165) is 87.8 Å². The Bertz CT molecular complexity index is 2980. The van der Waals surface area contributed by atoms with Crippen LogP contribution in [0.2, 0.25) is 0 Å². The number of anilines is 3. The van der Waals surface area contributed by atoms with Gasteiger partial charge in [0.05, 0.1) is 29.3 Å². The number of aliphatic hydroxyl groups excluding tert-OH is 1. The topological polar surface area (TPSA) is 203 Å². The maximum atomic E-state index is 16.8. The standard InChI is InChI=1S/C34H39F2N5O4.C23H32N4O4.C2H6/c1-3-24-27(35)8-7-20-14-23(43)15-25(28(20)24)30-29(36)31-26(16-37-30)32(40-12-4-6-22(42)17-40)39-33(38-31)45-19-34-10-5-13-41(34)21(9-11-34)18-44-2;1-4-15(2)22-18(26-12-6-7-17(13-26)24-14-28)8-5-9-19(22)27(16(3)29)20-10-11-21(30)25-23(20)31;1-2/h7-8,14-16,21-22,42-43H,3-6,9-13,17-19H2,1-2H3;5,8-9,14-15,17,20H,4,6-7,10-13H2,1-3H3,(H,24,28)(H,25,30,31);1-2H3. The Morgan fingerprint density at radius 2 is 1.78 bits per heavy atom. The second kappa shape index (κ2) is 25.5. The first-order chi connectivity index (χ1) is 37.7. The molecular formula is C59H77F2N9O8. The van der Waals surface area contributed by atoms with Crippen molar-refractivity contribution in [2.45, 2.75) is 154 Å². The Labute approximate surface area is 456 Å². The average Bonchev–Trinajstić information content (AvgIpc) is 4.09. The summed E-state index contributed by atoms with van der Waals surface area (Å²) in [6.45, 7) is 16.1. The number of ether oxygens (including phenoxy) is 2. The van der Waals surface area contributed by atoms with Gasteiger partial charge < -0.3 is 34.8 Å². The number of β-amino-alcohol motifs (C(OH)–C–C–N with tert-alkyl or cyclic N) is 1. The first-order valence-corrected chi connectivity index (χ1v) is 28.0. The quantitative estimate of drug-likeness (QED) is 0.0574. The number of aliphatic hydroxyl groups is 1. The monoisotopic (exact) mass is 1080 g/mol. The third-order valence-electron chi connectivity index (χ3n) is 16.3. The number of piperidine rings is 3. The zero-order chi connectivity index (χ0) is 55.8. The van der Waals surface area contributed by atoms with E-state index in [1.165, 1.54) is 31.3 Å². The number of nitrogens with one attached hydrogen (secondary N) is 2. The van der Waals surface area contributed by atoms with E-state index in [0.29, 0.717) is 85.7 Å². The second-order valence-corrected chi connectivity index (χ2v) is 21.1. The number of methoxy groups -OCH3 is 1. The largest absolute Gasteiger partial charge is 0.508 e. The number of fused-ring (bicyclic) bond motifs is 3. The Morgan fingerprint density at radius 3 is 2.50 bits per heavy atom. The third-order valence-corrected chi connectivity index (χ3v) is 16.3. The fourth-order valence-electron chi connectivity index (χ4n) is 12.5. The maximum Gasteiger partial charge on any atom is 0.319 e. The number of rotatable bonds is 15. The van der Waals surface area contributed by atoms with Crippen LogP contribution in [0, 0.1) is 11.6 Å². The zero-order valence-corrected chi connectivity index (χ0v) is 46.2. The molecule has 5 aromatic rings. The molecule has 7 heterocycles. The molecule has 6 atom stereocenters. The van der Waals surface area contributed by atoms with Crippen molar-refractivity contribution in [2.24, 2.45) is 0 Å². The van der Waals surface area contributed by atoms with E-state index in [4.69, 9.17) is 14.5 Å². The lowest BCUT2D eigenvalue weighted by molar-refractivity contribution is -0.135. The number of nitrogens with zero attached hydrogens (tertiary/aromatic N) is 7. The highest BCUT2D eigenvalue weighted by molar-refractivity contribution is 6.07. The Hall–Kier alpha value is -6.57. The molecule has 5 saturated heterocycles. The van der Waals surface area contributed by atoms with Crippen molar-refractivity contribution in [1.82, 2.24) is 30.5 Å². The zero-order valence-electron chi connectivity index (χ0n) is 46.2. The van der Waals surface area contributed by atoms with Gasteiger partial charge in [-0.15, -0.1) is 0 Å². The molecule has 78 heavy (non-hydrogen) atoms. The highest BCUT2D eigenvalue weighted by Crippen LogP contribution is 2.45. The van der Waals surface area contributed by atoms with E-state index in [9.17, 15) is 33.8 Å². The van der Waals surface area contributed by atoms with E-state index in [1.54, 1.807) is 18.1 Å². The second-order valence-electron chi connectivity index (χ2n) is 21.1. The molecule has 3 aromatic carbocycles. The van der Waals surface area contributed by atoms with Crippen molar-refractivity contribution in [2.75, 3.05) is 67.7 Å². The van der Waals surface area contributed by atoms with Crippen molar-refractivity contribution >= 4 is 63.0 Å². The number of carbonyl (C=O) groups is 4. The van der Waals surface area contributed by atoms with Gasteiger partial charge in [-0.05, 0) is 130 Å². The minimum Gasteiger partial charge on any atom is -0.508 e. The molecule has 4 N–H and O–H groups in total. The van der Waals surface area contributed by atoms with Crippen LogP contribution in [0.15, 0.2) is 48.7 Å². The molecule has 17 nitrogen and oxygen atoms in total. The number of phenols is 1. The van der Waals surface area contributed by atoms with Crippen LogP contribution in [-0.2, 0) is 30.3 Å². The lowest BCUT2D eigenvalue weighted by atomic mass is 9.91. The summed E-state index contributed by atoms with van der Waals surface area (Å²) in [6.07, 6.45) is 10.9. The van der Waals surface area contributed by atoms with Gasteiger partial charge >= 0.3 is 6.01 Å². The Balaban J connectivity index is 0.000000214. The van der Waals surface area contributed by atoms with Crippen LogP contribution in [0.25, 0.3) is 32.9 Å². The van der Waals surface area contributed by atoms with Crippen molar-refractivity contribution in [3.63, 3.8) is 0 Å². The number of imide groups is 1. The highest BCUT2D eigenvalue weighted by atomic mass is 19.1. The number of amides is 4. The van der Waals surface area contributed by atoms with E-state index >= 15 is 4.39 Å². The van der Waals surface area contributed by atoms with Crippen LogP contribution in [0.5, 0.6) is 11.8 Å². The number of carbonyl (C=O) groups excluding carboxylic acids is 4. The predicted molar refractivity (Wildman–Crippen MR) is 298 cm³/mol. The summed E-state index contributed by atoms with van der Waals surface area (Å²) in [5.41, 5.74) is 3.31. The predicted octanol–water partition coefficient (Wildman–Crippen LogP) is 8.47. The summed E-state index contributed by atoms with van der Waals surface area (Å²) < 4.78 is 43.5.